The van der Waals surface area contributed by atoms with Gasteiger partial charge in [0.1, 0.15) is 5.82 Å². The molecule has 2 aromatic rings. The molecule has 0 bridgehead atoms. The largest absolute Gasteiger partial charge is 0.338 e. The molecule has 108 valence electrons. The van der Waals surface area contributed by atoms with Crippen molar-refractivity contribution in [3.63, 3.8) is 0 Å². The lowest BCUT2D eigenvalue weighted by Gasteiger charge is -2.37. The van der Waals surface area contributed by atoms with Crippen molar-refractivity contribution in [3.05, 3.63) is 54.3 Å². The van der Waals surface area contributed by atoms with Crippen LogP contribution in [0.15, 0.2) is 48.5 Å². The van der Waals surface area contributed by atoms with E-state index in [1.54, 1.807) is 12.1 Å². The van der Waals surface area contributed by atoms with Crippen LogP contribution in [-0.2, 0) is 4.79 Å². The Balaban J connectivity index is 2.02. The van der Waals surface area contributed by atoms with Gasteiger partial charge in [-0.25, -0.2) is 4.39 Å². The molecule has 3 rings (SSSR count). The normalized spacial score (nSPS) is 14.0. The third-order valence-electron chi connectivity index (χ3n) is 3.75. The van der Waals surface area contributed by atoms with Gasteiger partial charge in [0.05, 0.1) is 11.4 Å². The number of fused-ring (bicyclic) bond motifs is 1. The van der Waals surface area contributed by atoms with Crippen LogP contribution in [0.1, 0.15) is 13.3 Å². The summed E-state index contributed by atoms with van der Waals surface area (Å²) < 4.78 is 13.1. The third-order valence-corrected chi connectivity index (χ3v) is 3.75. The minimum atomic E-state index is -0.244. The fraction of sp³-hybridized carbons (Fsp3) is 0.235. The number of para-hydroxylation sites is 2. The van der Waals surface area contributed by atoms with Crippen LogP contribution in [-0.4, -0.2) is 19.0 Å². The van der Waals surface area contributed by atoms with Crippen LogP contribution in [0.4, 0.5) is 21.5 Å². The summed E-state index contributed by atoms with van der Waals surface area (Å²) in [7, 11) is 0. The van der Waals surface area contributed by atoms with Gasteiger partial charge in [0.25, 0.3) is 0 Å². The first-order chi connectivity index (χ1) is 10.2. The Hall–Kier alpha value is -2.36. The van der Waals surface area contributed by atoms with Crippen molar-refractivity contribution >= 4 is 23.0 Å². The van der Waals surface area contributed by atoms with Crippen molar-refractivity contribution in [2.75, 3.05) is 22.9 Å². The highest BCUT2D eigenvalue weighted by Gasteiger charge is 2.26. The Morgan fingerprint density at radius 1 is 1.05 bits per heavy atom. The van der Waals surface area contributed by atoms with Gasteiger partial charge in [-0.05, 0) is 36.4 Å². The molecule has 3 nitrogen and oxygen atoms in total. The van der Waals surface area contributed by atoms with Crippen LogP contribution >= 0.6 is 0 Å². The van der Waals surface area contributed by atoms with Crippen LogP contribution < -0.4 is 9.80 Å². The molecule has 2 aromatic carbocycles. The van der Waals surface area contributed by atoms with E-state index in [1.807, 2.05) is 36.1 Å². The number of hydrogen-bond acceptors (Lipinski definition) is 2. The second-order valence-electron chi connectivity index (χ2n) is 5.02. The van der Waals surface area contributed by atoms with E-state index in [0.29, 0.717) is 19.5 Å². The van der Waals surface area contributed by atoms with E-state index in [2.05, 4.69) is 4.90 Å². The van der Waals surface area contributed by atoms with E-state index < -0.39 is 0 Å². The highest BCUT2D eigenvalue weighted by atomic mass is 19.1. The van der Waals surface area contributed by atoms with Gasteiger partial charge in [-0.3, -0.25) is 4.79 Å². The van der Waals surface area contributed by atoms with Gasteiger partial charge in [-0.2, -0.15) is 0 Å². The Bertz CT molecular complexity index is 654. The quantitative estimate of drug-likeness (QED) is 0.839. The van der Waals surface area contributed by atoms with Gasteiger partial charge in [0.2, 0.25) is 5.91 Å². The number of carbonyl (C=O) groups is 1. The van der Waals surface area contributed by atoms with E-state index in [4.69, 9.17) is 0 Å². The maximum atomic E-state index is 13.1. The molecule has 0 saturated carbocycles. The smallest absolute Gasteiger partial charge is 0.226 e. The molecule has 1 heterocycles. The van der Waals surface area contributed by atoms with Gasteiger partial charge in [-0.15, -0.1) is 0 Å². The number of nitrogens with zero attached hydrogens (tertiary/aromatic N) is 2. The van der Waals surface area contributed by atoms with Crippen molar-refractivity contribution in [1.82, 2.24) is 0 Å². The van der Waals surface area contributed by atoms with E-state index in [-0.39, 0.29) is 11.7 Å². The molecule has 0 unspecified atom stereocenters. The predicted octanol–water partition coefficient (Wildman–Crippen LogP) is 3.72. The summed E-state index contributed by atoms with van der Waals surface area (Å²) in [6.07, 6.45) is 0.491. The Morgan fingerprint density at radius 2 is 1.71 bits per heavy atom. The fourth-order valence-corrected chi connectivity index (χ4v) is 2.70. The first-order valence-corrected chi connectivity index (χ1v) is 7.13. The highest BCUT2D eigenvalue weighted by Crippen LogP contribution is 2.37. The minimum absolute atomic E-state index is 0.126. The second-order valence-corrected chi connectivity index (χ2v) is 5.02. The van der Waals surface area contributed by atoms with Crippen molar-refractivity contribution in [2.45, 2.75) is 13.3 Å². The lowest BCUT2D eigenvalue weighted by molar-refractivity contribution is -0.118. The molecule has 0 spiro atoms. The summed E-state index contributed by atoms with van der Waals surface area (Å²) >= 11 is 0. The molecule has 0 saturated heterocycles. The van der Waals surface area contributed by atoms with Crippen LogP contribution in [0.25, 0.3) is 0 Å². The molecule has 1 aliphatic rings. The molecule has 0 aliphatic carbocycles. The minimum Gasteiger partial charge on any atom is -0.338 e. The molecule has 0 N–H and O–H groups in total. The standard InChI is InChI=1S/C17H17FN2O/c1-2-17(21)20-12-11-19(14-9-7-13(18)8-10-14)15-5-3-4-6-16(15)20/h3-10H,2,11-12H2,1H3. The van der Waals surface area contributed by atoms with Crippen molar-refractivity contribution in [3.8, 4) is 0 Å². The number of amides is 1. The lowest BCUT2D eigenvalue weighted by Crippen LogP contribution is -2.42. The van der Waals surface area contributed by atoms with Gasteiger partial charge in [0, 0.05) is 25.2 Å². The molecule has 21 heavy (non-hydrogen) atoms. The second kappa shape index (κ2) is 5.56. The number of benzene rings is 2. The summed E-state index contributed by atoms with van der Waals surface area (Å²) in [6.45, 7) is 3.22. The molecular formula is C17H17FN2O. The topological polar surface area (TPSA) is 23.6 Å². The number of anilines is 3. The summed E-state index contributed by atoms with van der Waals surface area (Å²) in [5.41, 5.74) is 2.84. The molecule has 1 aliphatic heterocycles. The van der Waals surface area contributed by atoms with Gasteiger partial charge < -0.3 is 9.80 Å². The number of rotatable bonds is 2. The maximum absolute atomic E-state index is 13.1. The predicted molar refractivity (Wildman–Crippen MR) is 82.5 cm³/mol. The first kappa shape index (κ1) is 13.6. The Kier molecular flexibility index (Phi) is 3.60. The summed E-state index contributed by atoms with van der Waals surface area (Å²) in [5.74, 6) is -0.118. The zero-order chi connectivity index (χ0) is 14.8. The maximum Gasteiger partial charge on any atom is 0.226 e. The molecule has 0 fully saturated rings. The van der Waals surface area contributed by atoms with Gasteiger partial charge >= 0.3 is 0 Å². The Morgan fingerprint density at radius 3 is 2.38 bits per heavy atom. The van der Waals surface area contributed by atoms with Crippen LogP contribution in [0.3, 0.4) is 0 Å². The van der Waals surface area contributed by atoms with E-state index in [9.17, 15) is 9.18 Å². The number of carbonyl (C=O) groups excluding carboxylic acids is 1. The number of hydrogen-bond donors (Lipinski definition) is 0. The lowest BCUT2D eigenvalue weighted by atomic mass is 10.1. The van der Waals surface area contributed by atoms with Gasteiger partial charge in [-0.1, -0.05) is 19.1 Å². The van der Waals surface area contributed by atoms with Crippen LogP contribution in [0.5, 0.6) is 0 Å². The average molecular weight is 284 g/mol. The zero-order valence-electron chi connectivity index (χ0n) is 11.9. The molecule has 0 aromatic heterocycles. The molecule has 0 radical (unpaired) electrons. The van der Waals surface area contributed by atoms with Crippen molar-refractivity contribution < 1.29 is 9.18 Å². The van der Waals surface area contributed by atoms with Crippen molar-refractivity contribution in [1.29, 1.82) is 0 Å². The summed E-state index contributed by atoms with van der Waals surface area (Å²) in [5, 5.41) is 0. The van der Waals surface area contributed by atoms with E-state index in [0.717, 1.165) is 17.1 Å². The highest BCUT2D eigenvalue weighted by molar-refractivity contribution is 5.98. The van der Waals surface area contributed by atoms with Crippen LogP contribution in [0, 0.1) is 5.82 Å². The molecule has 0 atom stereocenters. The Labute approximate surface area is 123 Å². The van der Waals surface area contributed by atoms with E-state index >= 15 is 0 Å². The third kappa shape index (κ3) is 2.49. The van der Waals surface area contributed by atoms with E-state index in [1.165, 1.54) is 12.1 Å². The first-order valence-electron chi connectivity index (χ1n) is 7.13. The number of halogens is 1. The fourth-order valence-electron chi connectivity index (χ4n) is 2.70. The monoisotopic (exact) mass is 284 g/mol. The summed E-state index contributed by atoms with van der Waals surface area (Å²) in [4.78, 5) is 16.0. The zero-order valence-corrected chi connectivity index (χ0v) is 11.9. The van der Waals surface area contributed by atoms with Gasteiger partial charge in [0.15, 0.2) is 0 Å². The van der Waals surface area contributed by atoms with Crippen molar-refractivity contribution in [2.24, 2.45) is 0 Å². The summed E-state index contributed by atoms with van der Waals surface area (Å²) in [6, 6.07) is 14.3. The molecule has 1 amide bonds. The SMILES string of the molecule is CCC(=O)N1CCN(c2ccc(F)cc2)c2ccccc21. The van der Waals surface area contributed by atoms with Crippen LogP contribution in [0.2, 0.25) is 0 Å². The molecule has 4 heteroatoms. The molecular weight excluding hydrogens is 267 g/mol. The average Bonchev–Trinajstić information content (AvgIpc) is 2.54.